The lowest BCUT2D eigenvalue weighted by molar-refractivity contribution is -0.144. The molecular formula is C29H58O2. The van der Waals surface area contributed by atoms with Crippen molar-refractivity contribution in [3.05, 3.63) is 0 Å². The van der Waals surface area contributed by atoms with Gasteiger partial charge in [-0.1, -0.05) is 149 Å². The van der Waals surface area contributed by atoms with Gasteiger partial charge < -0.3 is 5.11 Å². The molecule has 0 aromatic heterocycles. The van der Waals surface area contributed by atoms with Gasteiger partial charge in [0.1, 0.15) is 0 Å². The molecular weight excluding hydrogens is 380 g/mol. The number of carboxylic acids is 1. The first-order valence-electron chi connectivity index (χ1n) is 14.4. The number of unbranched alkanes of at least 4 members (excludes halogenated alkanes) is 17. The fraction of sp³-hybridized carbons (Fsp3) is 0.966. The van der Waals surface area contributed by atoms with E-state index < -0.39 is 5.97 Å². The van der Waals surface area contributed by atoms with Gasteiger partial charge in [-0.05, 0) is 25.2 Å². The zero-order valence-electron chi connectivity index (χ0n) is 21.8. The quantitative estimate of drug-likeness (QED) is 0.144. The van der Waals surface area contributed by atoms with E-state index in [-0.39, 0.29) is 5.92 Å². The van der Waals surface area contributed by atoms with Crippen molar-refractivity contribution in [2.75, 3.05) is 0 Å². The second-order valence-corrected chi connectivity index (χ2v) is 10.1. The highest BCUT2D eigenvalue weighted by Crippen LogP contribution is 2.29. The van der Waals surface area contributed by atoms with E-state index in [1.807, 2.05) is 0 Å². The van der Waals surface area contributed by atoms with Crippen LogP contribution in [0.3, 0.4) is 0 Å². The molecule has 0 amide bonds. The molecule has 2 nitrogen and oxygen atoms in total. The van der Waals surface area contributed by atoms with Crippen LogP contribution in [0.5, 0.6) is 0 Å². The topological polar surface area (TPSA) is 37.3 Å². The van der Waals surface area contributed by atoms with Crippen LogP contribution in [-0.4, -0.2) is 11.1 Å². The molecule has 1 N–H and O–H groups in total. The molecule has 186 valence electrons. The van der Waals surface area contributed by atoms with Crippen LogP contribution in [0.25, 0.3) is 0 Å². The van der Waals surface area contributed by atoms with E-state index in [2.05, 4.69) is 20.8 Å². The van der Waals surface area contributed by atoms with Crippen LogP contribution in [0, 0.1) is 11.8 Å². The maximum atomic E-state index is 11.9. The molecule has 0 spiro atoms. The van der Waals surface area contributed by atoms with Gasteiger partial charge in [-0.15, -0.1) is 0 Å². The summed E-state index contributed by atoms with van der Waals surface area (Å²) in [6.45, 7) is 6.71. The Kier molecular flexibility index (Phi) is 23.7. The van der Waals surface area contributed by atoms with E-state index in [0.29, 0.717) is 5.92 Å². The molecule has 0 aromatic carbocycles. The third-order valence-electron chi connectivity index (χ3n) is 7.11. The zero-order valence-corrected chi connectivity index (χ0v) is 21.8. The normalized spacial score (nSPS) is 12.5. The molecule has 1 atom stereocenters. The first kappa shape index (κ1) is 30.5. The maximum Gasteiger partial charge on any atom is 0.306 e. The van der Waals surface area contributed by atoms with Gasteiger partial charge in [0.25, 0.3) is 0 Å². The lowest BCUT2D eigenvalue weighted by atomic mass is 9.81. The van der Waals surface area contributed by atoms with Crippen molar-refractivity contribution in [2.24, 2.45) is 11.8 Å². The van der Waals surface area contributed by atoms with Gasteiger partial charge in [0, 0.05) is 0 Å². The number of carboxylic acid groups (broad SMARTS) is 1. The van der Waals surface area contributed by atoms with Crippen molar-refractivity contribution in [1.82, 2.24) is 0 Å². The van der Waals surface area contributed by atoms with E-state index in [0.717, 1.165) is 25.7 Å². The van der Waals surface area contributed by atoms with Gasteiger partial charge in [-0.3, -0.25) is 4.79 Å². The molecule has 0 aliphatic rings. The summed E-state index contributed by atoms with van der Waals surface area (Å²) in [6, 6.07) is 0. The lowest BCUT2D eigenvalue weighted by Gasteiger charge is -2.24. The Morgan fingerprint density at radius 2 is 0.806 bits per heavy atom. The molecule has 1 unspecified atom stereocenters. The van der Waals surface area contributed by atoms with Crippen molar-refractivity contribution in [3.8, 4) is 0 Å². The summed E-state index contributed by atoms with van der Waals surface area (Å²) in [6.07, 6.45) is 29.8. The van der Waals surface area contributed by atoms with Gasteiger partial charge in [0.05, 0.1) is 5.92 Å². The summed E-state index contributed by atoms with van der Waals surface area (Å²) < 4.78 is 0. The van der Waals surface area contributed by atoms with Crippen molar-refractivity contribution in [1.29, 1.82) is 0 Å². The Labute approximate surface area is 196 Å². The van der Waals surface area contributed by atoms with Crippen molar-refractivity contribution in [2.45, 2.75) is 168 Å². The van der Waals surface area contributed by atoms with Crippen molar-refractivity contribution >= 4 is 5.97 Å². The molecule has 0 aliphatic heterocycles. The molecule has 0 rings (SSSR count). The monoisotopic (exact) mass is 438 g/mol. The summed E-state index contributed by atoms with van der Waals surface area (Å²) in [5, 5.41) is 9.77. The number of rotatable bonds is 25. The standard InChI is InChI=1S/C29H58O2/c1-4-7-10-11-12-13-14-15-16-17-18-19-20-21-22-23-26-28(29(30)31)27(24-8-5-2)25-9-6-3/h27-28H,4-26H2,1-3H3,(H,30,31). The summed E-state index contributed by atoms with van der Waals surface area (Å²) in [5.74, 6) is -0.253. The summed E-state index contributed by atoms with van der Waals surface area (Å²) in [5.41, 5.74) is 0. The van der Waals surface area contributed by atoms with Gasteiger partial charge in [-0.2, -0.15) is 0 Å². The van der Waals surface area contributed by atoms with E-state index >= 15 is 0 Å². The van der Waals surface area contributed by atoms with E-state index in [1.165, 1.54) is 122 Å². The highest BCUT2D eigenvalue weighted by atomic mass is 16.4. The predicted octanol–water partition coefficient (Wildman–Crippen LogP) is 10.3. The largest absolute Gasteiger partial charge is 0.481 e. The van der Waals surface area contributed by atoms with Gasteiger partial charge >= 0.3 is 5.97 Å². The third kappa shape index (κ3) is 19.9. The summed E-state index contributed by atoms with van der Waals surface area (Å²) in [7, 11) is 0. The minimum atomic E-state index is -0.543. The first-order chi connectivity index (χ1) is 15.2. The van der Waals surface area contributed by atoms with Gasteiger partial charge in [0.2, 0.25) is 0 Å². The number of carbonyl (C=O) groups is 1. The van der Waals surface area contributed by atoms with Gasteiger partial charge in [0.15, 0.2) is 0 Å². The highest BCUT2D eigenvalue weighted by molar-refractivity contribution is 5.70. The predicted molar refractivity (Wildman–Crippen MR) is 138 cm³/mol. The Hall–Kier alpha value is -0.530. The number of aliphatic carboxylic acids is 1. The van der Waals surface area contributed by atoms with Crippen LogP contribution in [-0.2, 0) is 4.79 Å². The molecule has 0 radical (unpaired) electrons. The maximum absolute atomic E-state index is 11.9. The first-order valence-corrected chi connectivity index (χ1v) is 14.4. The molecule has 2 heteroatoms. The minimum Gasteiger partial charge on any atom is -0.481 e. The molecule has 0 saturated heterocycles. The second kappa shape index (κ2) is 24.1. The second-order valence-electron chi connectivity index (χ2n) is 10.1. The average Bonchev–Trinajstić information content (AvgIpc) is 2.76. The van der Waals surface area contributed by atoms with E-state index in [9.17, 15) is 9.90 Å². The molecule has 0 aliphatic carbocycles. The van der Waals surface area contributed by atoms with Crippen LogP contribution in [0.1, 0.15) is 168 Å². The summed E-state index contributed by atoms with van der Waals surface area (Å²) >= 11 is 0. The average molecular weight is 439 g/mol. The van der Waals surface area contributed by atoms with Crippen LogP contribution < -0.4 is 0 Å². The molecule has 0 fully saturated rings. The Morgan fingerprint density at radius 3 is 1.13 bits per heavy atom. The Balaban J connectivity index is 3.65. The van der Waals surface area contributed by atoms with E-state index in [4.69, 9.17) is 0 Å². The summed E-state index contributed by atoms with van der Waals surface area (Å²) in [4.78, 5) is 11.9. The van der Waals surface area contributed by atoms with Crippen LogP contribution in [0.15, 0.2) is 0 Å². The van der Waals surface area contributed by atoms with E-state index in [1.54, 1.807) is 0 Å². The zero-order chi connectivity index (χ0) is 23.0. The Bertz CT molecular complexity index is 358. The van der Waals surface area contributed by atoms with Crippen LogP contribution >= 0.6 is 0 Å². The molecule has 0 saturated carbocycles. The van der Waals surface area contributed by atoms with Crippen LogP contribution in [0.2, 0.25) is 0 Å². The number of hydrogen-bond donors (Lipinski definition) is 1. The van der Waals surface area contributed by atoms with Crippen LogP contribution in [0.4, 0.5) is 0 Å². The third-order valence-corrected chi connectivity index (χ3v) is 7.11. The molecule has 31 heavy (non-hydrogen) atoms. The highest BCUT2D eigenvalue weighted by Gasteiger charge is 2.26. The van der Waals surface area contributed by atoms with Crippen molar-refractivity contribution < 1.29 is 9.90 Å². The smallest absolute Gasteiger partial charge is 0.306 e. The SMILES string of the molecule is CCCCCCCCCCCCCCCCCCC(C(=O)O)C(CCCC)CCCC. The molecule has 0 aromatic rings. The fourth-order valence-corrected chi connectivity index (χ4v) is 4.95. The molecule has 0 heterocycles. The number of hydrogen-bond acceptors (Lipinski definition) is 1. The molecule has 0 bridgehead atoms. The Morgan fingerprint density at radius 1 is 0.484 bits per heavy atom. The van der Waals surface area contributed by atoms with Crippen molar-refractivity contribution in [3.63, 3.8) is 0 Å². The van der Waals surface area contributed by atoms with Gasteiger partial charge in [-0.25, -0.2) is 0 Å². The minimum absolute atomic E-state index is 0.107. The fourth-order valence-electron chi connectivity index (χ4n) is 4.95. The lowest BCUT2D eigenvalue weighted by Crippen LogP contribution is -2.24.